The van der Waals surface area contributed by atoms with Crippen molar-refractivity contribution in [2.75, 3.05) is 18.1 Å². The zero-order valence-electron chi connectivity index (χ0n) is 8.88. The van der Waals surface area contributed by atoms with Crippen LogP contribution in [0.1, 0.15) is 26.7 Å². The van der Waals surface area contributed by atoms with Gasteiger partial charge in [-0.05, 0) is 18.1 Å². The summed E-state index contributed by atoms with van der Waals surface area (Å²) in [4.78, 5) is 11.2. The van der Waals surface area contributed by atoms with Crippen molar-refractivity contribution in [3.63, 3.8) is 0 Å². The summed E-state index contributed by atoms with van der Waals surface area (Å²) in [5, 5.41) is 11.1. The minimum Gasteiger partial charge on any atom is -0.355 e. The van der Waals surface area contributed by atoms with Crippen LogP contribution in [0.4, 0.5) is 0 Å². The highest BCUT2D eigenvalue weighted by Crippen LogP contribution is 2.03. The lowest BCUT2D eigenvalue weighted by Crippen LogP contribution is -2.28. The summed E-state index contributed by atoms with van der Waals surface area (Å²) in [5.74, 6) is 2.00. The molecule has 0 rings (SSSR count). The summed E-state index contributed by atoms with van der Waals surface area (Å²) in [7, 11) is 0. The number of nitriles is 1. The van der Waals surface area contributed by atoms with E-state index in [0.717, 1.165) is 18.7 Å². The maximum atomic E-state index is 11.2. The smallest absolute Gasteiger partial charge is 0.230 e. The monoisotopic (exact) mass is 214 g/mol. The molecular formula is C10H18N2OS. The number of amides is 1. The lowest BCUT2D eigenvalue weighted by atomic mass is 10.2. The first-order chi connectivity index (χ1) is 6.66. The highest BCUT2D eigenvalue weighted by atomic mass is 32.2. The Morgan fingerprint density at radius 3 is 2.86 bits per heavy atom. The van der Waals surface area contributed by atoms with Crippen molar-refractivity contribution in [3.05, 3.63) is 0 Å². The third-order valence-electron chi connectivity index (χ3n) is 1.52. The molecule has 1 amide bonds. The number of carbonyl (C=O) groups is 1. The van der Waals surface area contributed by atoms with Gasteiger partial charge in [-0.3, -0.25) is 4.79 Å². The van der Waals surface area contributed by atoms with Gasteiger partial charge in [-0.2, -0.15) is 17.0 Å². The number of thioether (sulfide) groups is 1. The molecule has 0 spiro atoms. The second-order valence-corrected chi connectivity index (χ2v) is 4.62. The number of nitrogens with zero attached hydrogens (tertiary/aromatic N) is 1. The Morgan fingerprint density at radius 1 is 1.57 bits per heavy atom. The molecule has 0 bridgehead atoms. The molecule has 0 unspecified atom stereocenters. The van der Waals surface area contributed by atoms with Gasteiger partial charge in [-0.25, -0.2) is 0 Å². The van der Waals surface area contributed by atoms with Crippen molar-refractivity contribution in [1.82, 2.24) is 5.32 Å². The fraction of sp³-hybridized carbons (Fsp3) is 0.800. The van der Waals surface area contributed by atoms with E-state index in [1.807, 2.05) is 0 Å². The van der Waals surface area contributed by atoms with E-state index < -0.39 is 0 Å². The predicted octanol–water partition coefficient (Wildman–Crippen LogP) is 1.80. The second-order valence-electron chi connectivity index (χ2n) is 3.51. The number of hydrogen-bond donors (Lipinski definition) is 1. The normalized spacial score (nSPS) is 9.86. The van der Waals surface area contributed by atoms with Crippen LogP contribution >= 0.6 is 11.8 Å². The summed E-state index contributed by atoms with van der Waals surface area (Å²) < 4.78 is 0. The second kappa shape index (κ2) is 8.89. The molecule has 0 atom stereocenters. The van der Waals surface area contributed by atoms with Gasteiger partial charge in [0.05, 0.1) is 11.8 Å². The molecule has 3 nitrogen and oxygen atoms in total. The van der Waals surface area contributed by atoms with Crippen LogP contribution in [0.5, 0.6) is 0 Å². The highest BCUT2D eigenvalue weighted by Gasteiger charge is 2.01. The van der Waals surface area contributed by atoms with E-state index in [9.17, 15) is 4.79 Å². The van der Waals surface area contributed by atoms with E-state index in [1.165, 1.54) is 0 Å². The van der Waals surface area contributed by atoms with Crippen LogP contribution in [0, 0.1) is 17.2 Å². The van der Waals surface area contributed by atoms with Gasteiger partial charge in [0.25, 0.3) is 0 Å². The SMILES string of the molecule is CC(C)CNC(=O)CSCCCC#N. The molecule has 1 N–H and O–H groups in total. The van der Waals surface area contributed by atoms with E-state index in [2.05, 4.69) is 25.2 Å². The van der Waals surface area contributed by atoms with Crippen LogP contribution in [-0.2, 0) is 4.79 Å². The van der Waals surface area contributed by atoms with Crippen LogP contribution in [-0.4, -0.2) is 24.0 Å². The van der Waals surface area contributed by atoms with E-state index >= 15 is 0 Å². The minimum atomic E-state index is 0.0978. The third kappa shape index (κ3) is 9.40. The Kier molecular flexibility index (Phi) is 8.45. The summed E-state index contributed by atoms with van der Waals surface area (Å²) in [5.41, 5.74) is 0. The van der Waals surface area contributed by atoms with Crippen LogP contribution in [0.3, 0.4) is 0 Å². The molecule has 0 fully saturated rings. The Bertz CT molecular complexity index is 199. The Morgan fingerprint density at radius 2 is 2.29 bits per heavy atom. The molecule has 0 aromatic rings. The maximum absolute atomic E-state index is 11.2. The van der Waals surface area contributed by atoms with Gasteiger partial charge >= 0.3 is 0 Å². The molecule has 80 valence electrons. The number of carbonyl (C=O) groups excluding carboxylic acids is 1. The van der Waals surface area contributed by atoms with Crippen LogP contribution in [0.25, 0.3) is 0 Å². The van der Waals surface area contributed by atoms with Crippen molar-refractivity contribution >= 4 is 17.7 Å². The van der Waals surface area contributed by atoms with Gasteiger partial charge < -0.3 is 5.32 Å². The molecule has 0 aliphatic heterocycles. The average molecular weight is 214 g/mol. The van der Waals surface area contributed by atoms with Crippen LogP contribution in [0.15, 0.2) is 0 Å². The molecule has 0 saturated carbocycles. The molecule has 4 heteroatoms. The molecule has 0 aromatic heterocycles. The van der Waals surface area contributed by atoms with Gasteiger partial charge in [0, 0.05) is 13.0 Å². The standard InChI is InChI=1S/C10H18N2OS/c1-9(2)7-12-10(13)8-14-6-4-3-5-11/h9H,3-4,6-8H2,1-2H3,(H,12,13). The molecule has 0 radical (unpaired) electrons. The summed E-state index contributed by atoms with van der Waals surface area (Å²) in [6, 6.07) is 2.08. The Labute approximate surface area is 90.3 Å². The first-order valence-corrected chi connectivity index (χ1v) is 6.03. The fourth-order valence-electron chi connectivity index (χ4n) is 0.787. The quantitative estimate of drug-likeness (QED) is 0.657. The zero-order chi connectivity index (χ0) is 10.8. The van der Waals surface area contributed by atoms with Crippen LogP contribution in [0.2, 0.25) is 0 Å². The number of nitrogens with one attached hydrogen (secondary N) is 1. The molecular weight excluding hydrogens is 196 g/mol. The summed E-state index contributed by atoms with van der Waals surface area (Å²) in [6.45, 7) is 4.89. The lowest BCUT2D eigenvalue weighted by molar-refractivity contribution is -0.118. The van der Waals surface area contributed by atoms with E-state index in [4.69, 9.17) is 5.26 Å². The predicted molar refractivity (Wildman–Crippen MR) is 60.0 cm³/mol. The van der Waals surface area contributed by atoms with Gasteiger partial charge in [0.2, 0.25) is 5.91 Å². The maximum Gasteiger partial charge on any atom is 0.230 e. The van der Waals surface area contributed by atoms with E-state index in [0.29, 0.717) is 18.1 Å². The molecule has 0 aliphatic rings. The van der Waals surface area contributed by atoms with E-state index in [1.54, 1.807) is 11.8 Å². The molecule has 0 heterocycles. The topological polar surface area (TPSA) is 52.9 Å². The first-order valence-electron chi connectivity index (χ1n) is 4.88. The Hall–Kier alpha value is -0.690. The molecule has 0 aromatic carbocycles. The third-order valence-corrected chi connectivity index (χ3v) is 2.56. The van der Waals surface area contributed by atoms with Crippen molar-refractivity contribution in [2.24, 2.45) is 5.92 Å². The lowest BCUT2D eigenvalue weighted by Gasteiger charge is -2.06. The molecule has 0 saturated heterocycles. The van der Waals surface area contributed by atoms with Crippen molar-refractivity contribution < 1.29 is 4.79 Å². The fourth-order valence-corrected chi connectivity index (χ4v) is 1.57. The Balaban J connectivity index is 3.24. The van der Waals surface area contributed by atoms with Gasteiger partial charge in [-0.1, -0.05) is 13.8 Å². The van der Waals surface area contributed by atoms with Gasteiger partial charge in [-0.15, -0.1) is 0 Å². The highest BCUT2D eigenvalue weighted by molar-refractivity contribution is 7.99. The molecule has 14 heavy (non-hydrogen) atoms. The molecule has 0 aliphatic carbocycles. The summed E-state index contributed by atoms with van der Waals surface area (Å²) in [6.07, 6.45) is 1.46. The van der Waals surface area contributed by atoms with E-state index in [-0.39, 0.29) is 5.91 Å². The first kappa shape index (κ1) is 13.3. The zero-order valence-corrected chi connectivity index (χ0v) is 9.69. The number of rotatable bonds is 7. The average Bonchev–Trinajstić information content (AvgIpc) is 2.14. The van der Waals surface area contributed by atoms with Gasteiger partial charge in [0.1, 0.15) is 0 Å². The van der Waals surface area contributed by atoms with Crippen molar-refractivity contribution in [2.45, 2.75) is 26.7 Å². The number of hydrogen-bond acceptors (Lipinski definition) is 3. The van der Waals surface area contributed by atoms with Crippen molar-refractivity contribution in [1.29, 1.82) is 5.26 Å². The largest absolute Gasteiger partial charge is 0.355 e. The van der Waals surface area contributed by atoms with Crippen molar-refractivity contribution in [3.8, 4) is 6.07 Å². The summed E-state index contributed by atoms with van der Waals surface area (Å²) >= 11 is 1.59. The van der Waals surface area contributed by atoms with Gasteiger partial charge in [0.15, 0.2) is 0 Å². The minimum absolute atomic E-state index is 0.0978. The van der Waals surface area contributed by atoms with Crippen LogP contribution < -0.4 is 5.32 Å². The number of unbranched alkanes of at least 4 members (excludes halogenated alkanes) is 1.